The van der Waals surface area contributed by atoms with E-state index in [0.717, 1.165) is 0 Å². The number of carbonyl (C=O) groups excluding carboxylic acids is 1. The summed E-state index contributed by atoms with van der Waals surface area (Å²) in [4.78, 5) is 11.9. The SMILES string of the molecule is CCOc1cc(C=NNC(=O)CSc2nnc(N)s2)ccc1OCc1c(F)cccc1Cl. The van der Waals surface area contributed by atoms with Crippen molar-refractivity contribution in [1.29, 1.82) is 0 Å². The number of hydrogen-bond donors (Lipinski definition) is 2. The molecule has 1 heterocycles. The number of thioether (sulfide) groups is 1. The Labute approximate surface area is 197 Å². The minimum Gasteiger partial charge on any atom is -0.490 e. The van der Waals surface area contributed by atoms with Gasteiger partial charge in [-0.05, 0) is 42.8 Å². The Morgan fingerprint density at radius 1 is 1.31 bits per heavy atom. The molecule has 168 valence electrons. The summed E-state index contributed by atoms with van der Waals surface area (Å²) in [6.45, 7) is 2.19. The number of hydrazone groups is 1. The zero-order valence-corrected chi connectivity index (χ0v) is 19.3. The number of halogens is 2. The fourth-order valence-corrected chi connectivity index (χ4v) is 4.08. The van der Waals surface area contributed by atoms with Crippen molar-refractivity contribution in [3.05, 3.63) is 58.4 Å². The van der Waals surface area contributed by atoms with Gasteiger partial charge in [0, 0.05) is 5.56 Å². The predicted octanol–water partition coefficient (Wildman–Crippen LogP) is 4.13. The second kappa shape index (κ2) is 11.7. The average molecular weight is 496 g/mol. The molecule has 8 nitrogen and oxygen atoms in total. The van der Waals surface area contributed by atoms with E-state index in [1.807, 2.05) is 6.92 Å². The third kappa shape index (κ3) is 6.81. The highest BCUT2D eigenvalue weighted by Crippen LogP contribution is 2.30. The van der Waals surface area contributed by atoms with Crippen molar-refractivity contribution in [3.8, 4) is 11.5 Å². The molecule has 1 aromatic heterocycles. The van der Waals surface area contributed by atoms with E-state index in [0.29, 0.717) is 33.1 Å². The van der Waals surface area contributed by atoms with Crippen molar-refractivity contribution >= 4 is 52.0 Å². The van der Waals surface area contributed by atoms with Crippen LogP contribution in [0, 0.1) is 5.82 Å². The first-order valence-electron chi connectivity index (χ1n) is 9.32. The van der Waals surface area contributed by atoms with Gasteiger partial charge in [-0.15, -0.1) is 10.2 Å². The minimum atomic E-state index is -0.442. The molecule has 0 radical (unpaired) electrons. The summed E-state index contributed by atoms with van der Waals surface area (Å²) in [6.07, 6.45) is 1.48. The maximum Gasteiger partial charge on any atom is 0.250 e. The van der Waals surface area contributed by atoms with Crippen molar-refractivity contribution < 1.29 is 18.7 Å². The van der Waals surface area contributed by atoms with Crippen LogP contribution in [0.1, 0.15) is 18.1 Å². The lowest BCUT2D eigenvalue weighted by atomic mass is 10.2. The van der Waals surface area contributed by atoms with Crippen LogP contribution in [0.15, 0.2) is 45.8 Å². The Balaban J connectivity index is 1.58. The molecule has 0 bridgehead atoms. The lowest BCUT2D eigenvalue weighted by molar-refractivity contribution is -0.118. The van der Waals surface area contributed by atoms with Gasteiger partial charge >= 0.3 is 0 Å². The monoisotopic (exact) mass is 495 g/mol. The van der Waals surface area contributed by atoms with Gasteiger partial charge in [0.2, 0.25) is 5.13 Å². The number of nitrogen functional groups attached to an aromatic ring is 1. The Morgan fingerprint density at radius 2 is 2.16 bits per heavy atom. The van der Waals surface area contributed by atoms with Crippen molar-refractivity contribution in [2.24, 2.45) is 5.10 Å². The van der Waals surface area contributed by atoms with Crippen LogP contribution in [0.25, 0.3) is 0 Å². The zero-order valence-electron chi connectivity index (χ0n) is 16.9. The average Bonchev–Trinajstić information content (AvgIpc) is 3.18. The predicted molar refractivity (Wildman–Crippen MR) is 124 cm³/mol. The van der Waals surface area contributed by atoms with Crippen LogP contribution in [0.4, 0.5) is 9.52 Å². The maximum absolute atomic E-state index is 14.0. The van der Waals surface area contributed by atoms with Crippen LogP contribution in [0.2, 0.25) is 5.02 Å². The first kappa shape index (κ1) is 23.8. The summed E-state index contributed by atoms with van der Waals surface area (Å²) < 4.78 is 25.9. The van der Waals surface area contributed by atoms with Crippen LogP contribution < -0.4 is 20.6 Å². The van der Waals surface area contributed by atoms with Crippen LogP contribution >= 0.6 is 34.7 Å². The number of anilines is 1. The van der Waals surface area contributed by atoms with E-state index in [1.165, 1.54) is 41.4 Å². The van der Waals surface area contributed by atoms with E-state index >= 15 is 0 Å². The standard InChI is InChI=1S/C20H19ClFN5O3S2/c1-2-29-17-8-12(9-24-25-18(28)11-31-20-27-26-19(23)32-20)6-7-16(17)30-10-13-14(21)4-3-5-15(13)22/h3-9H,2,10-11H2,1H3,(H2,23,26)(H,25,28). The molecule has 0 aliphatic carbocycles. The molecular formula is C20H19ClFN5O3S2. The molecular weight excluding hydrogens is 477 g/mol. The molecule has 0 fully saturated rings. The number of carbonyl (C=O) groups is 1. The Kier molecular flexibility index (Phi) is 8.65. The Bertz CT molecular complexity index is 1090. The number of ether oxygens (including phenoxy) is 2. The molecule has 3 rings (SSSR count). The third-order valence-electron chi connectivity index (χ3n) is 3.85. The van der Waals surface area contributed by atoms with Crippen LogP contribution in [0.3, 0.4) is 0 Å². The fraction of sp³-hybridized carbons (Fsp3) is 0.200. The first-order valence-corrected chi connectivity index (χ1v) is 11.5. The molecule has 0 aliphatic heterocycles. The van der Waals surface area contributed by atoms with E-state index in [1.54, 1.807) is 24.3 Å². The number of hydrogen-bond acceptors (Lipinski definition) is 9. The molecule has 0 atom stereocenters. The molecule has 12 heteroatoms. The quantitative estimate of drug-likeness (QED) is 0.247. The van der Waals surface area contributed by atoms with Crippen LogP contribution in [-0.2, 0) is 11.4 Å². The maximum atomic E-state index is 14.0. The summed E-state index contributed by atoms with van der Waals surface area (Å²) in [5.41, 5.74) is 8.88. The second-order valence-corrected chi connectivity index (χ2v) is 8.75. The molecule has 32 heavy (non-hydrogen) atoms. The largest absolute Gasteiger partial charge is 0.490 e. The van der Waals surface area contributed by atoms with Crippen molar-refractivity contribution in [3.63, 3.8) is 0 Å². The van der Waals surface area contributed by atoms with Gasteiger partial charge in [0.05, 0.1) is 23.6 Å². The van der Waals surface area contributed by atoms with E-state index in [2.05, 4.69) is 20.7 Å². The first-order chi connectivity index (χ1) is 15.5. The summed E-state index contributed by atoms with van der Waals surface area (Å²) in [5.74, 6) is 0.274. The Hall–Kier alpha value is -2.89. The molecule has 1 amide bonds. The van der Waals surface area contributed by atoms with Crippen molar-refractivity contribution in [1.82, 2.24) is 15.6 Å². The summed E-state index contributed by atoms with van der Waals surface area (Å²) in [5, 5.41) is 12.1. The lowest BCUT2D eigenvalue weighted by Crippen LogP contribution is -2.19. The number of amides is 1. The second-order valence-electron chi connectivity index (χ2n) is 6.12. The number of nitrogens with two attached hydrogens (primary N) is 1. The van der Waals surface area contributed by atoms with Gasteiger partial charge in [-0.25, -0.2) is 9.82 Å². The van der Waals surface area contributed by atoms with Gasteiger partial charge in [0.15, 0.2) is 15.8 Å². The molecule has 3 N–H and O–H groups in total. The smallest absolute Gasteiger partial charge is 0.250 e. The molecule has 0 saturated heterocycles. The molecule has 0 spiro atoms. The van der Waals surface area contributed by atoms with E-state index in [-0.39, 0.29) is 28.9 Å². The van der Waals surface area contributed by atoms with Gasteiger partial charge in [-0.1, -0.05) is 40.8 Å². The summed E-state index contributed by atoms with van der Waals surface area (Å²) in [6, 6.07) is 9.57. The normalized spacial score (nSPS) is 11.0. The lowest BCUT2D eigenvalue weighted by Gasteiger charge is -2.13. The molecule has 0 aliphatic rings. The fourth-order valence-electron chi connectivity index (χ4n) is 2.43. The van der Waals surface area contributed by atoms with Crippen molar-refractivity contribution in [2.45, 2.75) is 17.9 Å². The van der Waals surface area contributed by atoms with Crippen LogP contribution in [-0.4, -0.2) is 34.7 Å². The Morgan fingerprint density at radius 3 is 2.88 bits per heavy atom. The van der Waals surface area contributed by atoms with Gasteiger partial charge in [0.1, 0.15) is 12.4 Å². The highest BCUT2D eigenvalue weighted by Gasteiger charge is 2.11. The van der Waals surface area contributed by atoms with Gasteiger partial charge in [-0.2, -0.15) is 5.10 Å². The van der Waals surface area contributed by atoms with Gasteiger partial charge in [-0.3, -0.25) is 4.79 Å². The van der Waals surface area contributed by atoms with E-state index in [4.69, 9.17) is 26.8 Å². The summed E-state index contributed by atoms with van der Waals surface area (Å²) >= 11 is 8.47. The number of nitrogens with zero attached hydrogens (tertiary/aromatic N) is 3. The molecule has 2 aromatic carbocycles. The number of nitrogens with one attached hydrogen (secondary N) is 1. The molecule has 3 aromatic rings. The number of benzene rings is 2. The minimum absolute atomic E-state index is 0.0486. The van der Waals surface area contributed by atoms with Crippen molar-refractivity contribution in [2.75, 3.05) is 18.1 Å². The topological polar surface area (TPSA) is 112 Å². The van der Waals surface area contributed by atoms with E-state index in [9.17, 15) is 9.18 Å². The third-order valence-corrected chi connectivity index (χ3v) is 6.09. The van der Waals surface area contributed by atoms with Crippen LogP contribution in [0.5, 0.6) is 11.5 Å². The highest BCUT2D eigenvalue weighted by atomic mass is 35.5. The van der Waals surface area contributed by atoms with Gasteiger partial charge in [0.25, 0.3) is 5.91 Å². The van der Waals surface area contributed by atoms with E-state index < -0.39 is 5.82 Å². The van der Waals surface area contributed by atoms with Gasteiger partial charge < -0.3 is 15.2 Å². The molecule has 0 unspecified atom stereocenters. The highest BCUT2D eigenvalue weighted by molar-refractivity contribution is 8.01. The molecule has 0 saturated carbocycles. The zero-order chi connectivity index (χ0) is 22.9. The number of rotatable bonds is 10. The number of aromatic nitrogens is 2. The summed E-state index contributed by atoms with van der Waals surface area (Å²) in [7, 11) is 0.